The number of nitrogens with zero attached hydrogens (tertiary/aromatic N) is 2. The molecule has 4 aliphatic carbocycles. The number of aliphatic hydroxyl groups is 3. The number of hydrogen-bond donors (Lipinski definition) is 5. The highest BCUT2D eigenvalue weighted by atomic mass is 16.5. The number of Topliss-reactive ketones (excluding diaryl/α,β-unsaturated/α-hetero) is 2. The van der Waals surface area contributed by atoms with E-state index in [1.54, 1.807) is 14.1 Å². The second-order valence-electron chi connectivity index (χ2n) is 12.5. The lowest BCUT2D eigenvalue weighted by atomic mass is 9.58. The van der Waals surface area contributed by atoms with Gasteiger partial charge in [-0.3, -0.25) is 24.2 Å². The van der Waals surface area contributed by atoms with Gasteiger partial charge in [0.1, 0.15) is 28.6 Å². The first-order valence-corrected chi connectivity index (χ1v) is 14.6. The van der Waals surface area contributed by atoms with Gasteiger partial charge in [0, 0.05) is 41.7 Å². The molecule has 1 unspecified atom stereocenters. The van der Waals surface area contributed by atoms with Crippen LogP contribution >= 0.6 is 0 Å². The molecule has 11 heteroatoms. The molecule has 1 aromatic rings. The number of ether oxygens (including phenoxy) is 1. The number of carbonyl (C=O) groups is 3. The van der Waals surface area contributed by atoms with E-state index in [9.17, 15) is 34.8 Å². The maximum absolute atomic E-state index is 14.0. The number of aromatic hydroxyl groups is 1. The molecule has 0 bridgehead atoms. The molecule has 1 aromatic carbocycles. The number of fused-ring (bicyclic) bond motifs is 3. The van der Waals surface area contributed by atoms with Crippen LogP contribution in [0.15, 0.2) is 28.7 Å². The number of aliphatic hydroxyl groups excluding tert-OH is 2. The number of methoxy groups -OCH3 is 1. The molecule has 11 nitrogen and oxygen atoms in total. The number of hydrogen-bond acceptors (Lipinski definition) is 10. The molecular formula is C31H41N3O8. The van der Waals surface area contributed by atoms with Gasteiger partial charge < -0.3 is 30.9 Å². The van der Waals surface area contributed by atoms with Crippen LogP contribution in [0.1, 0.15) is 61.0 Å². The summed E-state index contributed by atoms with van der Waals surface area (Å²) in [4.78, 5) is 43.5. The van der Waals surface area contributed by atoms with E-state index < -0.39 is 58.0 Å². The molecule has 1 amide bonds. The Morgan fingerprint density at radius 1 is 1.21 bits per heavy atom. The van der Waals surface area contributed by atoms with Crippen molar-refractivity contribution < 1.29 is 39.5 Å². The monoisotopic (exact) mass is 583 g/mol. The van der Waals surface area contributed by atoms with Gasteiger partial charge in [-0.05, 0) is 71.0 Å². The normalized spacial score (nSPS) is 28.1. The van der Waals surface area contributed by atoms with E-state index in [1.807, 2.05) is 0 Å². The van der Waals surface area contributed by atoms with Crippen LogP contribution in [0.4, 0.5) is 0 Å². The van der Waals surface area contributed by atoms with E-state index in [1.165, 1.54) is 30.9 Å². The van der Waals surface area contributed by atoms with E-state index >= 15 is 0 Å². The van der Waals surface area contributed by atoms with E-state index in [0.717, 1.165) is 18.5 Å². The summed E-state index contributed by atoms with van der Waals surface area (Å²) in [6.45, 7) is 5.75. The van der Waals surface area contributed by atoms with Crippen molar-refractivity contribution in [1.82, 2.24) is 9.80 Å². The van der Waals surface area contributed by atoms with Crippen LogP contribution in [-0.2, 0) is 22.6 Å². The SMILES string of the molecule is CCC(C)N(Cc1cc(O)c2c(c1OC)C[C@H]1C[C@H]3[C@H](N(C)C)C(O)=C(C(N)=O)C(=O)[C@@]3(O)C(O)=C1C2=O)CC1CC1. The van der Waals surface area contributed by atoms with Crippen LogP contribution < -0.4 is 10.5 Å². The predicted octanol–water partition coefficient (Wildman–Crippen LogP) is 2.14. The molecular weight excluding hydrogens is 542 g/mol. The second kappa shape index (κ2) is 10.7. The quantitative estimate of drug-likeness (QED) is 0.271. The van der Waals surface area contributed by atoms with Gasteiger partial charge in [-0.25, -0.2) is 0 Å². The fraction of sp³-hybridized carbons (Fsp3) is 0.581. The molecule has 0 aliphatic heterocycles. The molecule has 0 saturated heterocycles. The van der Waals surface area contributed by atoms with Crippen molar-refractivity contribution in [2.75, 3.05) is 27.7 Å². The van der Waals surface area contributed by atoms with Crippen LogP contribution in [0.3, 0.4) is 0 Å². The largest absolute Gasteiger partial charge is 0.510 e. The topological polar surface area (TPSA) is 174 Å². The van der Waals surface area contributed by atoms with Crippen LogP contribution in [0, 0.1) is 17.8 Å². The Balaban J connectivity index is 1.62. The van der Waals surface area contributed by atoms with Crippen LogP contribution in [0.25, 0.3) is 0 Å². The lowest BCUT2D eigenvalue weighted by Crippen LogP contribution is -2.63. The Bertz CT molecular complexity index is 1410. The van der Waals surface area contributed by atoms with Gasteiger partial charge in [-0.15, -0.1) is 0 Å². The average Bonchev–Trinajstić information content (AvgIpc) is 3.73. The van der Waals surface area contributed by atoms with Gasteiger partial charge in [0.2, 0.25) is 5.78 Å². The second-order valence-corrected chi connectivity index (χ2v) is 12.5. The summed E-state index contributed by atoms with van der Waals surface area (Å²) in [5, 5.41) is 45.4. The number of primary amides is 1. The number of carbonyl (C=O) groups excluding carboxylic acids is 3. The van der Waals surface area contributed by atoms with Gasteiger partial charge in [0.15, 0.2) is 11.4 Å². The van der Waals surface area contributed by atoms with Crippen molar-refractivity contribution in [2.45, 2.75) is 70.2 Å². The summed E-state index contributed by atoms with van der Waals surface area (Å²) in [7, 11) is 4.73. The standard InChI is InChI=1S/C31H41N3O8/c1-6-14(2)34(12-15-7-8-15)13-17-11-20(35)22-18(27(17)42-5)9-16-10-19-24(33(3)4)26(37)23(30(32)40)29(39)31(19,41)28(38)21(16)25(22)36/h11,14-16,19,24,35,37-38,41H,6-10,12-13H2,1-5H3,(H2,32,40)/t14?,16-,19-,24-,31-/m0/s1. The smallest absolute Gasteiger partial charge is 0.255 e. The molecule has 0 radical (unpaired) electrons. The number of phenols is 1. The van der Waals surface area contributed by atoms with E-state index in [-0.39, 0.29) is 29.7 Å². The fourth-order valence-corrected chi connectivity index (χ4v) is 7.24. The summed E-state index contributed by atoms with van der Waals surface area (Å²) >= 11 is 0. The first-order valence-electron chi connectivity index (χ1n) is 14.6. The van der Waals surface area contributed by atoms with Crippen LogP contribution in [0.2, 0.25) is 0 Å². The molecule has 4 aliphatic rings. The van der Waals surface area contributed by atoms with Gasteiger partial charge in [0.05, 0.1) is 18.7 Å². The highest BCUT2D eigenvalue weighted by molar-refractivity contribution is 6.24. The maximum atomic E-state index is 14.0. The first kappa shape index (κ1) is 30.1. The van der Waals surface area contributed by atoms with Gasteiger partial charge in [0.25, 0.3) is 5.91 Å². The lowest BCUT2D eigenvalue weighted by Gasteiger charge is -2.50. The third kappa shape index (κ3) is 4.49. The Kier molecular flexibility index (Phi) is 7.66. The van der Waals surface area contributed by atoms with Crippen molar-refractivity contribution >= 4 is 17.5 Å². The van der Waals surface area contributed by atoms with Crippen LogP contribution in [-0.4, -0.2) is 93.1 Å². The minimum Gasteiger partial charge on any atom is -0.510 e. The molecule has 1 saturated carbocycles. The molecule has 5 rings (SSSR count). The summed E-state index contributed by atoms with van der Waals surface area (Å²) in [6, 6.07) is 0.787. The minimum absolute atomic E-state index is 0.0284. The van der Waals surface area contributed by atoms with Gasteiger partial charge >= 0.3 is 0 Å². The summed E-state index contributed by atoms with van der Waals surface area (Å²) in [5.74, 6) is -5.57. The molecule has 228 valence electrons. The van der Waals surface area contributed by atoms with Crippen molar-refractivity contribution in [3.05, 3.63) is 45.4 Å². The van der Waals surface area contributed by atoms with Crippen molar-refractivity contribution in [2.24, 2.45) is 23.5 Å². The summed E-state index contributed by atoms with van der Waals surface area (Å²) < 4.78 is 5.87. The Hall–Kier alpha value is -3.41. The number of ketones is 2. The highest BCUT2D eigenvalue weighted by Gasteiger charge is 2.63. The number of amides is 1. The zero-order valence-electron chi connectivity index (χ0n) is 24.8. The van der Waals surface area contributed by atoms with Gasteiger partial charge in [-0.1, -0.05) is 6.92 Å². The molecule has 1 fully saturated rings. The van der Waals surface area contributed by atoms with Crippen LogP contribution in [0.5, 0.6) is 11.5 Å². The third-order valence-electron chi connectivity index (χ3n) is 9.73. The molecule has 42 heavy (non-hydrogen) atoms. The molecule has 6 N–H and O–H groups in total. The number of likely N-dealkylation sites (N-methyl/N-ethyl adjacent to an activating group) is 1. The van der Waals surface area contributed by atoms with Crippen molar-refractivity contribution in [3.8, 4) is 11.5 Å². The number of allylic oxidation sites excluding steroid dienone is 1. The van der Waals surface area contributed by atoms with Crippen molar-refractivity contribution in [1.29, 1.82) is 0 Å². The summed E-state index contributed by atoms with van der Waals surface area (Å²) in [6.07, 6.45) is 3.56. The molecule has 0 aromatic heterocycles. The van der Waals surface area contributed by atoms with Crippen molar-refractivity contribution in [3.63, 3.8) is 0 Å². The lowest BCUT2D eigenvalue weighted by molar-refractivity contribution is -0.148. The number of nitrogens with two attached hydrogens (primary N) is 1. The highest BCUT2D eigenvalue weighted by Crippen LogP contribution is 2.53. The Labute approximate surface area is 245 Å². The number of benzene rings is 1. The average molecular weight is 584 g/mol. The molecule has 0 heterocycles. The Morgan fingerprint density at radius 2 is 1.88 bits per heavy atom. The number of phenolic OH excluding ortho intramolecular Hbond substituents is 1. The zero-order valence-corrected chi connectivity index (χ0v) is 24.8. The molecule has 0 spiro atoms. The predicted molar refractivity (Wildman–Crippen MR) is 153 cm³/mol. The first-order chi connectivity index (χ1) is 19.8. The summed E-state index contributed by atoms with van der Waals surface area (Å²) in [5.41, 5.74) is 2.92. The van der Waals surface area contributed by atoms with E-state index in [4.69, 9.17) is 10.5 Å². The maximum Gasteiger partial charge on any atom is 0.255 e. The zero-order chi connectivity index (χ0) is 30.8. The fourth-order valence-electron chi connectivity index (χ4n) is 7.24. The number of rotatable bonds is 9. The van der Waals surface area contributed by atoms with E-state index in [2.05, 4.69) is 18.7 Å². The van der Waals surface area contributed by atoms with Gasteiger partial charge in [-0.2, -0.15) is 0 Å². The Morgan fingerprint density at radius 3 is 2.43 bits per heavy atom. The van der Waals surface area contributed by atoms with E-state index in [0.29, 0.717) is 29.8 Å². The minimum atomic E-state index is -2.66. The third-order valence-corrected chi connectivity index (χ3v) is 9.73. The molecule has 5 atom stereocenters.